The Morgan fingerprint density at radius 3 is 2.38 bits per heavy atom. The van der Waals surface area contributed by atoms with Gasteiger partial charge in [-0.1, -0.05) is 0 Å². The first-order valence-electron chi connectivity index (χ1n) is 7.74. The fraction of sp³-hybridized carbons (Fsp3) is 0.500. The predicted molar refractivity (Wildman–Crippen MR) is 98.3 cm³/mol. The van der Waals surface area contributed by atoms with Gasteiger partial charge < -0.3 is 20.5 Å². The van der Waals surface area contributed by atoms with Crippen LogP contribution in [0.15, 0.2) is 23.1 Å². The van der Waals surface area contributed by atoms with Crippen molar-refractivity contribution in [3.8, 4) is 0 Å². The monoisotopic (exact) mass is 406 g/mol. The Morgan fingerprint density at radius 1 is 1.27 bits per heavy atom. The topological polar surface area (TPSA) is 125 Å². The minimum absolute atomic E-state index is 0. The van der Waals surface area contributed by atoms with Crippen molar-refractivity contribution in [3.63, 3.8) is 0 Å². The standard InChI is InChI=1S/C16H22N2O6S.ClH/c1-23-14(19)11-7-12(9-13(8-11)25(2,21)22)18-15(20)16(10-17)3-5-24-6-4-16;/h7-9H,3-6,10,17H2,1-2H3,(H,18,20);1H. The molecule has 2 rings (SSSR count). The summed E-state index contributed by atoms with van der Waals surface area (Å²) < 4.78 is 33.6. The molecular formula is C16H23ClN2O6S. The maximum absolute atomic E-state index is 12.7. The van der Waals surface area contributed by atoms with Gasteiger partial charge in [-0.15, -0.1) is 12.4 Å². The van der Waals surface area contributed by atoms with Gasteiger partial charge in [0.1, 0.15) is 0 Å². The molecule has 146 valence electrons. The lowest BCUT2D eigenvalue weighted by atomic mass is 9.79. The van der Waals surface area contributed by atoms with Crippen LogP contribution in [-0.2, 0) is 24.1 Å². The smallest absolute Gasteiger partial charge is 0.337 e. The molecule has 0 aromatic heterocycles. The second-order valence-electron chi connectivity index (χ2n) is 6.06. The Hall–Kier alpha value is -1.68. The number of amides is 1. The predicted octanol–water partition coefficient (Wildman–Crippen LogP) is 0.992. The normalized spacial score (nSPS) is 16.3. The fourth-order valence-electron chi connectivity index (χ4n) is 2.67. The number of esters is 1. The van der Waals surface area contributed by atoms with E-state index in [-0.39, 0.29) is 41.0 Å². The highest BCUT2D eigenvalue weighted by atomic mass is 35.5. The van der Waals surface area contributed by atoms with Crippen molar-refractivity contribution in [3.05, 3.63) is 23.8 Å². The first-order valence-corrected chi connectivity index (χ1v) is 9.64. The minimum atomic E-state index is -3.57. The van der Waals surface area contributed by atoms with E-state index in [9.17, 15) is 18.0 Å². The molecule has 0 aliphatic carbocycles. The molecule has 26 heavy (non-hydrogen) atoms. The number of methoxy groups -OCH3 is 1. The van der Waals surface area contributed by atoms with Gasteiger partial charge in [0.05, 0.1) is 23.0 Å². The number of nitrogens with two attached hydrogens (primary N) is 1. The third kappa shape index (κ3) is 4.94. The number of carbonyl (C=O) groups excluding carboxylic acids is 2. The summed E-state index contributed by atoms with van der Waals surface area (Å²) in [7, 11) is -2.38. The number of sulfone groups is 1. The van der Waals surface area contributed by atoms with Gasteiger partial charge in [0.2, 0.25) is 5.91 Å². The van der Waals surface area contributed by atoms with Gasteiger partial charge >= 0.3 is 5.97 Å². The molecule has 0 spiro atoms. The van der Waals surface area contributed by atoms with Gasteiger partial charge in [-0.3, -0.25) is 4.79 Å². The summed E-state index contributed by atoms with van der Waals surface area (Å²) in [4.78, 5) is 24.4. The lowest BCUT2D eigenvalue weighted by Gasteiger charge is -2.34. The Morgan fingerprint density at radius 2 is 1.88 bits per heavy atom. The number of halogens is 1. The van der Waals surface area contributed by atoms with E-state index >= 15 is 0 Å². The molecule has 1 aromatic carbocycles. The zero-order valence-electron chi connectivity index (χ0n) is 14.6. The Labute approximate surface area is 158 Å². The molecule has 1 amide bonds. The number of ether oxygens (including phenoxy) is 2. The van der Waals surface area contributed by atoms with Crippen LogP contribution >= 0.6 is 12.4 Å². The quantitative estimate of drug-likeness (QED) is 0.698. The highest BCUT2D eigenvalue weighted by Gasteiger charge is 2.39. The summed E-state index contributed by atoms with van der Waals surface area (Å²) in [5.41, 5.74) is 5.27. The maximum atomic E-state index is 12.7. The molecule has 10 heteroatoms. The molecule has 1 heterocycles. The summed E-state index contributed by atoms with van der Waals surface area (Å²) in [6.07, 6.45) is 1.98. The Kier molecular flexibility index (Phi) is 7.57. The van der Waals surface area contributed by atoms with Crippen molar-refractivity contribution in [2.75, 3.05) is 38.4 Å². The van der Waals surface area contributed by atoms with Gasteiger partial charge in [0.15, 0.2) is 9.84 Å². The molecule has 3 N–H and O–H groups in total. The van der Waals surface area contributed by atoms with E-state index in [1.807, 2.05) is 0 Å². The maximum Gasteiger partial charge on any atom is 0.337 e. The van der Waals surface area contributed by atoms with Crippen LogP contribution in [0.4, 0.5) is 5.69 Å². The van der Waals surface area contributed by atoms with Crippen molar-refractivity contribution in [1.29, 1.82) is 0 Å². The summed E-state index contributed by atoms with van der Waals surface area (Å²) >= 11 is 0. The lowest BCUT2D eigenvalue weighted by Crippen LogP contribution is -2.46. The van der Waals surface area contributed by atoms with Crippen LogP contribution in [0.1, 0.15) is 23.2 Å². The van der Waals surface area contributed by atoms with Crippen LogP contribution in [-0.4, -0.2) is 53.4 Å². The zero-order chi connectivity index (χ0) is 18.7. The highest BCUT2D eigenvalue weighted by Crippen LogP contribution is 2.31. The third-order valence-corrected chi connectivity index (χ3v) is 5.43. The van der Waals surface area contributed by atoms with Crippen molar-refractivity contribution in [2.24, 2.45) is 11.1 Å². The molecule has 0 bridgehead atoms. The SMILES string of the molecule is COC(=O)c1cc(NC(=O)C2(CN)CCOCC2)cc(S(C)(=O)=O)c1.Cl. The van der Waals surface area contributed by atoms with E-state index in [4.69, 9.17) is 10.5 Å². The van der Waals surface area contributed by atoms with E-state index in [2.05, 4.69) is 10.1 Å². The molecular weight excluding hydrogens is 384 g/mol. The van der Waals surface area contributed by atoms with E-state index in [1.54, 1.807) is 0 Å². The van der Waals surface area contributed by atoms with Crippen LogP contribution in [0.5, 0.6) is 0 Å². The molecule has 0 saturated carbocycles. The molecule has 0 radical (unpaired) electrons. The van der Waals surface area contributed by atoms with E-state index in [0.717, 1.165) is 6.26 Å². The third-order valence-electron chi connectivity index (χ3n) is 4.34. The number of anilines is 1. The van der Waals surface area contributed by atoms with Gasteiger partial charge in [-0.25, -0.2) is 13.2 Å². The van der Waals surface area contributed by atoms with Crippen molar-refractivity contribution < 1.29 is 27.5 Å². The Balaban J connectivity index is 0.00000338. The average molecular weight is 407 g/mol. The minimum Gasteiger partial charge on any atom is -0.465 e. The van der Waals surface area contributed by atoms with Crippen LogP contribution in [0.2, 0.25) is 0 Å². The number of rotatable bonds is 5. The zero-order valence-corrected chi connectivity index (χ0v) is 16.2. The number of hydrogen-bond acceptors (Lipinski definition) is 7. The van der Waals surface area contributed by atoms with E-state index in [0.29, 0.717) is 26.1 Å². The van der Waals surface area contributed by atoms with Crippen molar-refractivity contribution >= 4 is 39.8 Å². The molecule has 1 saturated heterocycles. The lowest BCUT2D eigenvalue weighted by molar-refractivity contribution is -0.130. The largest absolute Gasteiger partial charge is 0.465 e. The van der Waals surface area contributed by atoms with Gasteiger partial charge in [0.25, 0.3) is 0 Å². The van der Waals surface area contributed by atoms with Crippen molar-refractivity contribution in [1.82, 2.24) is 0 Å². The average Bonchev–Trinajstić information content (AvgIpc) is 2.60. The highest BCUT2D eigenvalue weighted by molar-refractivity contribution is 7.90. The van der Waals surface area contributed by atoms with Crippen molar-refractivity contribution in [2.45, 2.75) is 17.7 Å². The fourth-order valence-corrected chi connectivity index (χ4v) is 3.35. The van der Waals surface area contributed by atoms with E-state index in [1.165, 1.54) is 25.3 Å². The summed E-state index contributed by atoms with van der Waals surface area (Å²) in [5.74, 6) is -1.01. The summed E-state index contributed by atoms with van der Waals surface area (Å²) in [5, 5.41) is 2.69. The van der Waals surface area contributed by atoms with E-state index < -0.39 is 21.2 Å². The van der Waals surface area contributed by atoms with Crippen LogP contribution in [0.25, 0.3) is 0 Å². The van der Waals surface area contributed by atoms with Crippen LogP contribution in [0.3, 0.4) is 0 Å². The number of benzene rings is 1. The van der Waals surface area contributed by atoms with Gasteiger partial charge in [0, 0.05) is 31.7 Å². The van der Waals surface area contributed by atoms with Gasteiger partial charge in [-0.2, -0.15) is 0 Å². The molecule has 1 aliphatic heterocycles. The molecule has 1 aliphatic rings. The summed E-state index contributed by atoms with van der Waals surface area (Å²) in [6.45, 7) is 1.01. The molecule has 0 atom stereocenters. The number of carbonyl (C=O) groups is 2. The first-order chi connectivity index (χ1) is 11.7. The molecule has 1 aromatic rings. The van der Waals surface area contributed by atoms with Gasteiger partial charge in [-0.05, 0) is 31.0 Å². The summed E-state index contributed by atoms with van der Waals surface area (Å²) in [6, 6.07) is 3.90. The Bertz CT molecular complexity index is 775. The molecule has 0 unspecified atom stereocenters. The van der Waals surface area contributed by atoms with Crippen LogP contribution < -0.4 is 11.1 Å². The first kappa shape index (κ1) is 22.4. The molecule has 1 fully saturated rings. The van der Waals surface area contributed by atoms with Crippen LogP contribution in [0, 0.1) is 5.41 Å². The second kappa shape index (κ2) is 8.81. The molecule has 8 nitrogen and oxygen atoms in total. The number of nitrogens with one attached hydrogen (secondary N) is 1. The second-order valence-corrected chi connectivity index (χ2v) is 8.08. The number of hydrogen-bond donors (Lipinski definition) is 2.